The van der Waals surface area contributed by atoms with E-state index in [1.165, 1.54) is 12.1 Å². The summed E-state index contributed by atoms with van der Waals surface area (Å²) in [6, 6.07) is 59.8. The van der Waals surface area contributed by atoms with Gasteiger partial charge in [-0.25, -0.2) is 22.3 Å². The van der Waals surface area contributed by atoms with E-state index in [1.807, 2.05) is 172 Å². The summed E-state index contributed by atoms with van der Waals surface area (Å²) in [5, 5.41) is 27.4. The number of carbonyl (C=O) groups is 1. The molecule has 1 amide bonds. The number of rotatable bonds is 13. The summed E-state index contributed by atoms with van der Waals surface area (Å²) < 4.78 is 61.4. The number of halogens is 4. The Labute approximate surface area is 467 Å². The number of hydrogen-bond acceptors (Lipinski definition) is 9. The first-order valence-electron chi connectivity index (χ1n) is 24.4. The van der Waals surface area contributed by atoms with E-state index in [1.54, 1.807) is 52.5 Å². The molecule has 0 aliphatic heterocycles. The Morgan fingerprint density at radius 1 is 0.595 bits per heavy atom. The van der Waals surface area contributed by atoms with Gasteiger partial charge in [0.15, 0.2) is 23.1 Å². The van der Waals surface area contributed by atoms with Crippen LogP contribution in [0.15, 0.2) is 199 Å². The normalized spacial score (nSPS) is 14.1. The molecule has 0 bridgehead atoms. The molecular weight excluding hydrogens is 1070 g/mol. The van der Waals surface area contributed by atoms with E-state index in [-0.39, 0.29) is 58.6 Å². The first-order chi connectivity index (χ1) is 37.1. The van der Waals surface area contributed by atoms with Gasteiger partial charge >= 0.3 is 11.6 Å². The molecule has 15 nitrogen and oxygen atoms in total. The zero-order valence-electron chi connectivity index (χ0n) is 43.2. The van der Waals surface area contributed by atoms with Crippen molar-refractivity contribution in [3.63, 3.8) is 0 Å². The second-order valence-corrected chi connectivity index (χ2v) is 20.4. The zero-order valence-corrected chi connectivity index (χ0v) is 45.6. The molecule has 10 aromatic rings. The minimum Gasteiger partial charge on any atom is -1.00 e. The third-order valence-corrected chi connectivity index (χ3v) is 14.4. The molecule has 1 saturated carbocycles. The molecule has 11 rings (SSSR count). The first-order valence-corrected chi connectivity index (χ1v) is 25.9. The topological polar surface area (TPSA) is 177 Å². The minimum atomic E-state index is -3.78. The van der Waals surface area contributed by atoms with Crippen LogP contribution in [0.25, 0.3) is 56.7 Å². The lowest BCUT2D eigenvalue weighted by Gasteiger charge is -2.11. The number of primary sulfonamides is 1. The van der Waals surface area contributed by atoms with E-state index < -0.39 is 21.7 Å². The van der Waals surface area contributed by atoms with Crippen molar-refractivity contribution in [2.75, 3.05) is 19.5 Å². The van der Waals surface area contributed by atoms with Crippen molar-refractivity contribution in [2.24, 2.45) is 16.5 Å². The molecule has 1 fully saturated rings. The van der Waals surface area contributed by atoms with E-state index in [0.717, 1.165) is 62.7 Å². The number of nitrogens with zero attached hydrogens (tertiary/aromatic N) is 8. The summed E-state index contributed by atoms with van der Waals surface area (Å²) in [4.78, 5) is 19.8. The standard InChI is InChI=1S/C40H32N8O2.C19H20F2N2O3S.2ClH/c1-49-37-27-31(23-25-35(37)47-43-39(29-15-7-3-8-16-29)41-45(47)33-19-11-5-12-20-33)32-24-26-36(38(28-32)50-2)48-44-40(30-17-9-4-10-18-30)42-46(48)34-21-13-6-14-22-34;1-10-8-13(20)14(21)9-15(10)23-18(24)17-16(19(17,2)3)11-4-6-12(7-5-11)27(22,25)26;;/h3-28H,1-2H3;4-9,16-17H,1-3H3,(H,23,24)(H2,22,25,26);2*1H/q+2;;;/p-2/t;16-,17+;;/m.1../s1. The fourth-order valence-corrected chi connectivity index (χ4v) is 9.91. The third kappa shape index (κ3) is 11.8. The number of ether oxygens (including phenoxy) is 2. The lowest BCUT2D eigenvalue weighted by molar-refractivity contribution is -0.734. The highest BCUT2D eigenvalue weighted by Crippen LogP contribution is 2.64. The Balaban J connectivity index is 0.000000241. The Morgan fingerprint density at radius 2 is 1.01 bits per heavy atom. The fraction of sp³-hybridized carbons (Fsp3) is 0.136. The van der Waals surface area contributed by atoms with Gasteiger partial charge < -0.3 is 39.6 Å². The molecule has 1 aliphatic carbocycles. The van der Waals surface area contributed by atoms with Gasteiger partial charge in [-0.3, -0.25) is 4.79 Å². The third-order valence-electron chi connectivity index (χ3n) is 13.5. The summed E-state index contributed by atoms with van der Waals surface area (Å²) in [5.74, 6) is -0.353. The molecule has 0 unspecified atom stereocenters. The van der Waals surface area contributed by atoms with Crippen molar-refractivity contribution in [3.8, 4) is 68.2 Å². The van der Waals surface area contributed by atoms with Gasteiger partial charge in [0.25, 0.3) is 0 Å². The van der Waals surface area contributed by atoms with Crippen molar-refractivity contribution < 1.29 is 65.9 Å². The molecule has 1 aliphatic rings. The summed E-state index contributed by atoms with van der Waals surface area (Å²) in [5.41, 5.74) is 8.00. The smallest absolute Gasteiger partial charge is 0.340 e. The highest BCUT2D eigenvalue weighted by atomic mass is 35.5. The number of benzene rings is 8. The van der Waals surface area contributed by atoms with Crippen molar-refractivity contribution in [3.05, 3.63) is 217 Å². The van der Waals surface area contributed by atoms with E-state index in [0.29, 0.717) is 28.7 Å². The lowest BCUT2D eigenvalue weighted by atomic mass is 10.0. The maximum absolute atomic E-state index is 13.5. The second kappa shape index (κ2) is 23.5. The molecule has 402 valence electrons. The Morgan fingerprint density at radius 3 is 1.43 bits per heavy atom. The fourth-order valence-electron chi connectivity index (χ4n) is 9.39. The van der Waals surface area contributed by atoms with E-state index >= 15 is 0 Å². The monoisotopic (exact) mass is 1120 g/mol. The van der Waals surface area contributed by atoms with Crippen LogP contribution in [-0.2, 0) is 14.8 Å². The van der Waals surface area contributed by atoms with Crippen molar-refractivity contribution in [1.29, 1.82) is 0 Å². The number of aromatic nitrogens is 8. The van der Waals surface area contributed by atoms with Crippen LogP contribution < -0.4 is 54.3 Å². The Bertz CT molecular complexity index is 3730. The molecule has 20 heteroatoms. The molecule has 0 radical (unpaired) electrons. The van der Waals surface area contributed by atoms with Gasteiger partial charge in [0, 0.05) is 27.3 Å². The van der Waals surface area contributed by atoms with Crippen molar-refractivity contribution in [1.82, 2.24) is 30.0 Å². The average molecular weight is 1120 g/mol. The minimum absolute atomic E-state index is 0. The number of nitrogens with two attached hydrogens (primary N) is 1. The molecule has 0 saturated heterocycles. The number of amides is 1. The number of hydrogen-bond donors (Lipinski definition) is 2. The van der Waals surface area contributed by atoms with Crippen LogP contribution in [-0.4, -0.2) is 58.5 Å². The number of aryl methyl sites for hydroxylation is 1. The number of carbonyl (C=O) groups excluding carboxylic acids is 1. The van der Waals surface area contributed by atoms with Crippen LogP contribution >= 0.6 is 0 Å². The number of nitrogens with one attached hydrogen (secondary N) is 1. The molecule has 2 aromatic heterocycles. The number of anilines is 1. The van der Waals surface area contributed by atoms with E-state index in [4.69, 9.17) is 35.0 Å². The Kier molecular flexibility index (Phi) is 16.8. The van der Waals surface area contributed by atoms with Crippen LogP contribution in [0.3, 0.4) is 0 Å². The zero-order chi connectivity index (χ0) is 54.0. The maximum atomic E-state index is 13.5. The van der Waals surface area contributed by atoms with Gasteiger partial charge in [0.05, 0.1) is 46.4 Å². The highest BCUT2D eigenvalue weighted by Gasteiger charge is 2.62. The van der Waals surface area contributed by atoms with Gasteiger partial charge in [-0.15, -0.1) is 0 Å². The van der Waals surface area contributed by atoms with Crippen molar-refractivity contribution in [2.45, 2.75) is 31.6 Å². The molecule has 2 heterocycles. The summed E-state index contributed by atoms with van der Waals surface area (Å²) in [7, 11) is -0.465. The van der Waals surface area contributed by atoms with Gasteiger partial charge in [0.1, 0.15) is 11.4 Å². The predicted octanol–water partition coefficient (Wildman–Crippen LogP) is 3.73. The molecule has 2 atom stereocenters. The molecule has 79 heavy (non-hydrogen) atoms. The van der Waals surface area contributed by atoms with Crippen LogP contribution in [0.1, 0.15) is 30.9 Å². The van der Waals surface area contributed by atoms with E-state index in [2.05, 4.69) is 5.32 Å². The summed E-state index contributed by atoms with van der Waals surface area (Å²) >= 11 is 0. The van der Waals surface area contributed by atoms with Crippen molar-refractivity contribution >= 4 is 21.6 Å². The number of para-hydroxylation sites is 2. The van der Waals surface area contributed by atoms with Gasteiger partial charge in [0.2, 0.25) is 27.3 Å². The first kappa shape index (κ1) is 56.5. The number of sulfonamides is 1. The predicted molar refractivity (Wildman–Crippen MR) is 286 cm³/mol. The summed E-state index contributed by atoms with van der Waals surface area (Å²) in [6.45, 7) is 5.43. The number of tetrazole rings is 2. The average Bonchev–Trinajstić information content (AvgIpc) is 3.65. The molecule has 0 spiro atoms. The van der Waals surface area contributed by atoms with Crippen LogP contribution in [0.5, 0.6) is 11.5 Å². The second-order valence-electron chi connectivity index (χ2n) is 18.8. The van der Waals surface area contributed by atoms with Gasteiger partial charge in [-0.2, -0.15) is 0 Å². The molecule has 8 aromatic carbocycles. The van der Waals surface area contributed by atoms with Gasteiger partial charge in [-0.05, 0) is 158 Å². The van der Waals surface area contributed by atoms with E-state index in [9.17, 15) is 22.0 Å². The maximum Gasteiger partial charge on any atom is 0.340 e. The highest BCUT2D eigenvalue weighted by molar-refractivity contribution is 7.89. The van der Waals surface area contributed by atoms with Crippen LogP contribution in [0.4, 0.5) is 14.5 Å². The van der Waals surface area contributed by atoms with Gasteiger partial charge in [-0.1, -0.05) is 98.8 Å². The lowest BCUT2D eigenvalue weighted by Crippen LogP contribution is -3.00. The summed E-state index contributed by atoms with van der Waals surface area (Å²) in [6.07, 6.45) is 0. The quantitative estimate of drug-likeness (QED) is 0.163. The Hall–Kier alpha value is -8.68. The van der Waals surface area contributed by atoms with Crippen LogP contribution in [0.2, 0.25) is 0 Å². The van der Waals surface area contributed by atoms with Crippen LogP contribution in [0, 0.1) is 29.9 Å². The molecular formula is C59H52Cl2F2N10O5S. The SMILES string of the molecule is COc1cc(-c2ccc(-[n+]3nc(-c4ccccc4)nn3-c3ccccc3)c(OC)c2)ccc1-[n+]1nc(-c2ccccc2)nn1-c1ccccc1.Cc1cc(F)c(F)cc1NC(=O)[C@@H]1[C@@H](c2ccc(S(N)(=O)=O)cc2)C1(C)C.[Cl-].[Cl-]. The molecule has 3 N–H and O–H groups in total. The number of methoxy groups -OCH3 is 2. The largest absolute Gasteiger partial charge is 1.00 e.